The van der Waals surface area contributed by atoms with Gasteiger partial charge in [0.25, 0.3) is 5.69 Å². The van der Waals surface area contributed by atoms with E-state index in [1.54, 1.807) is 17.4 Å². The lowest BCUT2D eigenvalue weighted by atomic mass is 10.1. The van der Waals surface area contributed by atoms with Crippen molar-refractivity contribution < 1.29 is 4.92 Å². The fraction of sp³-hybridized carbons (Fsp3) is 0.231. The lowest BCUT2D eigenvalue weighted by Gasteiger charge is -2.18. The quantitative estimate of drug-likeness (QED) is 0.638. The Bertz CT molecular complexity index is 690. The molecule has 20 heavy (non-hydrogen) atoms. The largest absolute Gasteiger partial charge is 0.367 e. The van der Waals surface area contributed by atoms with Gasteiger partial charge in [-0.1, -0.05) is 0 Å². The molecule has 2 rings (SSSR count). The van der Waals surface area contributed by atoms with Gasteiger partial charge in [0.1, 0.15) is 11.1 Å². The number of nitriles is 1. The molecule has 2 aromatic rings. The molecule has 102 valence electrons. The highest BCUT2D eigenvalue weighted by molar-refractivity contribution is 7.09. The van der Waals surface area contributed by atoms with Gasteiger partial charge >= 0.3 is 0 Å². The molecule has 0 amide bonds. The number of hydrogen-bond acceptors (Lipinski definition) is 6. The Kier molecular flexibility index (Phi) is 3.96. The lowest BCUT2D eigenvalue weighted by Crippen LogP contribution is -2.17. The number of hydrogen-bond donors (Lipinski definition) is 0. The molecule has 0 saturated carbocycles. The summed E-state index contributed by atoms with van der Waals surface area (Å²) in [5.74, 6) is 0. The number of nitro groups is 1. The third-order valence-corrected chi connectivity index (χ3v) is 3.71. The second kappa shape index (κ2) is 5.67. The van der Waals surface area contributed by atoms with Crippen LogP contribution in [-0.2, 0) is 6.54 Å². The molecule has 0 saturated heterocycles. The van der Waals surface area contributed by atoms with Gasteiger partial charge in [0.15, 0.2) is 0 Å². The minimum atomic E-state index is -0.505. The van der Waals surface area contributed by atoms with Crippen LogP contribution in [0.3, 0.4) is 0 Å². The molecule has 0 fully saturated rings. The van der Waals surface area contributed by atoms with E-state index in [2.05, 4.69) is 4.98 Å². The van der Waals surface area contributed by atoms with Crippen molar-refractivity contribution in [2.24, 2.45) is 0 Å². The molecule has 0 N–H and O–H groups in total. The van der Waals surface area contributed by atoms with Crippen LogP contribution in [0, 0.1) is 28.4 Å². The van der Waals surface area contributed by atoms with Crippen LogP contribution in [0.1, 0.15) is 16.3 Å². The maximum absolute atomic E-state index is 10.7. The van der Waals surface area contributed by atoms with Crippen LogP contribution in [0.5, 0.6) is 0 Å². The van der Waals surface area contributed by atoms with E-state index in [9.17, 15) is 10.1 Å². The fourth-order valence-corrected chi connectivity index (χ4v) is 2.65. The summed E-state index contributed by atoms with van der Waals surface area (Å²) in [7, 11) is 1.83. The van der Waals surface area contributed by atoms with Crippen molar-refractivity contribution in [2.45, 2.75) is 13.5 Å². The standard InChI is InChI=1S/C13H12N4O2S/c1-9-8-20-13(15-9)7-16(2)12-4-3-11(17(18)19)5-10(12)6-14/h3-5,8H,7H2,1-2H3. The highest BCUT2D eigenvalue weighted by atomic mass is 32.1. The van der Waals surface area contributed by atoms with Gasteiger partial charge in [-0.3, -0.25) is 10.1 Å². The zero-order valence-electron chi connectivity index (χ0n) is 11.0. The summed E-state index contributed by atoms with van der Waals surface area (Å²) in [6.07, 6.45) is 0. The van der Waals surface area contributed by atoms with E-state index in [0.29, 0.717) is 12.2 Å². The molecule has 0 aliphatic rings. The Morgan fingerprint density at radius 3 is 2.85 bits per heavy atom. The second-order valence-electron chi connectivity index (χ2n) is 4.31. The number of rotatable bonds is 4. The first-order valence-electron chi connectivity index (χ1n) is 5.82. The third-order valence-electron chi connectivity index (χ3n) is 2.76. The maximum Gasteiger partial charge on any atom is 0.270 e. The average molecular weight is 288 g/mol. The number of aryl methyl sites for hydroxylation is 1. The van der Waals surface area contributed by atoms with Crippen molar-refractivity contribution in [3.8, 4) is 6.07 Å². The van der Waals surface area contributed by atoms with Crippen LogP contribution in [0.4, 0.5) is 11.4 Å². The summed E-state index contributed by atoms with van der Waals surface area (Å²) in [5, 5.41) is 22.7. The number of anilines is 1. The van der Waals surface area contributed by atoms with Crippen molar-refractivity contribution in [3.05, 3.63) is 50.0 Å². The van der Waals surface area contributed by atoms with E-state index in [-0.39, 0.29) is 11.3 Å². The summed E-state index contributed by atoms with van der Waals surface area (Å²) in [5.41, 5.74) is 1.83. The smallest absolute Gasteiger partial charge is 0.270 e. The van der Waals surface area contributed by atoms with Gasteiger partial charge in [0.2, 0.25) is 0 Å². The predicted molar refractivity (Wildman–Crippen MR) is 76.8 cm³/mol. The number of thiazole rings is 1. The Morgan fingerprint density at radius 2 is 2.30 bits per heavy atom. The first kappa shape index (κ1) is 14.0. The molecule has 0 atom stereocenters. The topological polar surface area (TPSA) is 83.1 Å². The number of benzene rings is 1. The molecule has 0 aliphatic heterocycles. The predicted octanol–water partition coefficient (Wildman–Crippen LogP) is 2.87. The summed E-state index contributed by atoms with van der Waals surface area (Å²) in [4.78, 5) is 16.4. The number of aromatic nitrogens is 1. The van der Waals surface area contributed by atoms with Crippen LogP contribution in [-0.4, -0.2) is 17.0 Å². The van der Waals surface area contributed by atoms with Gasteiger partial charge < -0.3 is 4.90 Å². The zero-order valence-corrected chi connectivity index (χ0v) is 11.8. The van der Waals surface area contributed by atoms with Crippen LogP contribution >= 0.6 is 11.3 Å². The minimum Gasteiger partial charge on any atom is -0.367 e. The molecule has 7 heteroatoms. The molecular formula is C13H12N4O2S. The van der Waals surface area contributed by atoms with Crippen LogP contribution in [0.2, 0.25) is 0 Å². The summed E-state index contributed by atoms with van der Waals surface area (Å²) in [6.45, 7) is 2.48. The van der Waals surface area contributed by atoms with E-state index in [4.69, 9.17) is 5.26 Å². The normalized spacial score (nSPS) is 10.1. The van der Waals surface area contributed by atoms with E-state index >= 15 is 0 Å². The highest BCUT2D eigenvalue weighted by Crippen LogP contribution is 2.25. The molecule has 1 aromatic heterocycles. The van der Waals surface area contributed by atoms with Crippen molar-refractivity contribution in [1.82, 2.24) is 4.98 Å². The number of nitro benzene ring substituents is 1. The number of nitrogens with zero attached hydrogens (tertiary/aromatic N) is 4. The van der Waals surface area contributed by atoms with Crippen molar-refractivity contribution in [2.75, 3.05) is 11.9 Å². The molecule has 1 aromatic carbocycles. The second-order valence-corrected chi connectivity index (χ2v) is 5.25. The summed E-state index contributed by atoms with van der Waals surface area (Å²) < 4.78 is 0. The van der Waals surface area contributed by atoms with Gasteiger partial charge in [0.05, 0.1) is 22.7 Å². The van der Waals surface area contributed by atoms with Gasteiger partial charge in [0, 0.05) is 30.3 Å². The molecule has 0 radical (unpaired) electrons. The third kappa shape index (κ3) is 2.92. The molecule has 0 spiro atoms. The Balaban J connectivity index is 2.27. The molecule has 6 nitrogen and oxygen atoms in total. The fourth-order valence-electron chi connectivity index (χ4n) is 1.82. The Labute approximate surface area is 120 Å². The molecule has 0 aliphatic carbocycles. The van der Waals surface area contributed by atoms with Crippen LogP contribution in [0.15, 0.2) is 23.6 Å². The van der Waals surface area contributed by atoms with Gasteiger partial charge in [-0.25, -0.2) is 4.98 Å². The highest BCUT2D eigenvalue weighted by Gasteiger charge is 2.14. The minimum absolute atomic E-state index is 0.0798. The van der Waals surface area contributed by atoms with Crippen molar-refractivity contribution in [3.63, 3.8) is 0 Å². The average Bonchev–Trinajstić information content (AvgIpc) is 2.83. The van der Waals surface area contributed by atoms with Gasteiger partial charge in [-0.15, -0.1) is 11.3 Å². The lowest BCUT2D eigenvalue weighted by molar-refractivity contribution is -0.384. The van der Waals surface area contributed by atoms with Crippen molar-refractivity contribution >= 4 is 22.7 Å². The first-order valence-corrected chi connectivity index (χ1v) is 6.70. The Morgan fingerprint density at radius 1 is 1.55 bits per heavy atom. The van der Waals surface area contributed by atoms with E-state index < -0.39 is 4.92 Å². The van der Waals surface area contributed by atoms with Crippen LogP contribution < -0.4 is 4.90 Å². The molecule has 0 bridgehead atoms. The molecule has 1 heterocycles. The van der Waals surface area contributed by atoms with E-state index in [1.807, 2.05) is 30.3 Å². The monoisotopic (exact) mass is 288 g/mol. The maximum atomic E-state index is 10.7. The zero-order chi connectivity index (χ0) is 14.7. The van der Waals surface area contributed by atoms with E-state index in [0.717, 1.165) is 10.7 Å². The van der Waals surface area contributed by atoms with Crippen molar-refractivity contribution in [1.29, 1.82) is 5.26 Å². The van der Waals surface area contributed by atoms with Gasteiger partial charge in [-0.2, -0.15) is 5.26 Å². The summed E-state index contributed by atoms with van der Waals surface area (Å²) in [6, 6.07) is 6.29. The summed E-state index contributed by atoms with van der Waals surface area (Å²) >= 11 is 1.55. The number of non-ortho nitro benzene ring substituents is 1. The van der Waals surface area contributed by atoms with Gasteiger partial charge in [-0.05, 0) is 13.0 Å². The molecule has 0 unspecified atom stereocenters. The Hall–Kier alpha value is -2.46. The van der Waals surface area contributed by atoms with E-state index in [1.165, 1.54) is 12.1 Å². The first-order chi connectivity index (χ1) is 9.51. The molecular weight excluding hydrogens is 276 g/mol. The SMILES string of the molecule is Cc1csc(CN(C)c2ccc([N+](=O)[O-])cc2C#N)n1. The van der Waals surface area contributed by atoms with Crippen LogP contribution in [0.25, 0.3) is 0 Å².